The zero-order valence-corrected chi connectivity index (χ0v) is 13.0. The van der Waals surface area contributed by atoms with Crippen LogP contribution in [0.1, 0.15) is 11.1 Å². The number of aliphatic carboxylic acids is 1. The number of hydrogen-bond donors (Lipinski definition) is 2. The van der Waals surface area contributed by atoms with Crippen molar-refractivity contribution in [1.29, 1.82) is 0 Å². The van der Waals surface area contributed by atoms with Gasteiger partial charge >= 0.3 is 6.03 Å². The molecule has 0 saturated carbocycles. The first-order chi connectivity index (χ1) is 11.6. The Bertz CT molecular complexity index is 692. The molecule has 0 aliphatic heterocycles. The normalized spacial score (nSPS) is 11.5. The summed E-state index contributed by atoms with van der Waals surface area (Å²) in [5.74, 6) is -1.69. The standard InChI is InChI=1S/C18H19FN2O3/c19-15-9-5-4-8-14(15)10-11-20-18(24)21-16(17(22)23)12-13-6-2-1-3-7-13/h1-9,16H,10-12H2,(H,22,23)(H2,20,21,24)/p-1/t16-/m0/s1. The Kier molecular flexibility index (Phi) is 6.31. The number of nitrogens with one attached hydrogen (secondary N) is 2. The SMILES string of the molecule is O=C(NCCc1ccccc1F)N[C@@H](Cc1ccccc1)C(=O)[O-]. The third kappa shape index (κ3) is 5.39. The van der Waals surface area contributed by atoms with Crippen molar-refractivity contribution in [2.24, 2.45) is 0 Å². The number of amides is 2. The average Bonchev–Trinajstić information content (AvgIpc) is 2.57. The van der Waals surface area contributed by atoms with Crippen molar-refractivity contribution in [3.63, 3.8) is 0 Å². The van der Waals surface area contributed by atoms with Gasteiger partial charge in [-0.15, -0.1) is 0 Å². The number of urea groups is 1. The number of halogens is 1. The lowest BCUT2D eigenvalue weighted by molar-refractivity contribution is -0.308. The highest BCUT2D eigenvalue weighted by Crippen LogP contribution is 2.06. The summed E-state index contributed by atoms with van der Waals surface area (Å²) < 4.78 is 13.5. The predicted molar refractivity (Wildman–Crippen MR) is 85.6 cm³/mol. The fraction of sp³-hybridized carbons (Fsp3) is 0.222. The molecule has 2 rings (SSSR count). The molecule has 0 aromatic heterocycles. The first kappa shape index (κ1) is 17.5. The number of carbonyl (C=O) groups excluding carboxylic acids is 2. The van der Waals surface area contributed by atoms with Crippen LogP contribution in [-0.4, -0.2) is 24.6 Å². The van der Waals surface area contributed by atoms with Crippen LogP contribution in [0.3, 0.4) is 0 Å². The first-order valence-corrected chi connectivity index (χ1v) is 7.59. The topological polar surface area (TPSA) is 81.3 Å². The van der Waals surface area contributed by atoms with E-state index >= 15 is 0 Å². The molecule has 0 spiro atoms. The quantitative estimate of drug-likeness (QED) is 0.796. The Morgan fingerprint density at radius 1 is 1.04 bits per heavy atom. The van der Waals surface area contributed by atoms with E-state index in [-0.39, 0.29) is 18.8 Å². The molecule has 24 heavy (non-hydrogen) atoms. The number of carbonyl (C=O) groups is 2. The van der Waals surface area contributed by atoms with E-state index in [2.05, 4.69) is 10.6 Å². The lowest BCUT2D eigenvalue weighted by atomic mass is 10.1. The van der Waals surface area contributed by atoms with Crippen LogP contribution in [-0.2, 0) is 17.6 Å². The molecule has 0 aliphatic carbocycles. The van der Waals surface area contributed by atoms with Crippen molar-refractivity contribution in [2.45, 2.75) is 18.9 Å². The van der Waals surface area contributed by atoms with Gasteiger partial charge in [0.25, 0.3) is 0 Å². The van der Waals surface area contributed by atoms with Crippen molar-refractivity contribution < 1.29 is 19.1 Å². The highest BCUT2D eigenvalue weighted by molar-refractivity contribution is 5.81. The van der Waals surface area contributed by atoms with Crippen LogP contribution in [0.15, 0.2) is 54.6 Å². The minimum Gasteiger partial charge on any atom is -0.548 e. The van der Waals surface area contributed by atoms with Crippen molar-refractivity contribution in [3.8, 4) is 0 Å². The number of benzene rings is 2. The molecule has 126 valence electrons. The van der Waals surface area contributed by atoms with Gasteiger partial charge in [-0.2, -0.15) is 0 Å². The Morgan fingerprint density at radius 3 is 2.38 bits per heavy atom. The molecular weight excluding hydrogens is 311 g/mol. The minimum atomic E-state index is -1.36. The molecular formula is C18H18FN2O3-. The molecule has 2 aromatic carbocycles. The van der Waals surface area contributed by atoms with E-state index in [1.807, 2.05) is 6.07 Å². The Morgan fingerprint density at radius 2 is 1.71 bits per heavy atom. The van der Waals surface area contributed by atoms with Crippen molar-refractivity contribution in [2.75, 3.05) is 6.54 Å². The second-order valence-corrected chi connectivity index (χ2v) is 5.30. The van der Waals surface area contributed by atoms with Crippen molar-refractivity contribution >= 4 is 12.0 Å². The molecule has 5 nitrogen and oxygen atoms in total. The van der Waals surface area contributed by atoms with Crippen molar-refractivity contribution in [1.82, 2.24) is 10.6 Å². The number of carboxylic acids is 1. The third-order valence-electron chi connectivity index (χ3n) is 3.51. The summed E-state index contributed by atoms with van der Waals surface area (Å²) in [7, 11) is 0. The van der Waals surface area contributed by atoms with E-state index < -0.39 is 18.0 Å². The van der Waals surface area contributed by atoms with Crippen LogP contribution in [0.5, 0.6) is 0 Å². The number of rotatable bonds is 7. The Balaban J connectivity index is 1.82. The second-order valence-electron chi connectivity index (χ2n) is 5.30. The van der Waals surface area contributed by atoms with E-state index in [1.54, 1.807) is 42.5 Å². The van der Waals surface area contributed by atoms with Crippen LogP contribution in [0.25, 0.3) is 0 Å². The number of hydrogen-bond acceptors (Lipinski definition) is 3. The molecule has 0 bridgehead atoms. The molecule has 0 radical (unpaired) electrons. The molecule has 0 unspecified atom stereocenters. The zero-order chi connectivity index (χ0) is 17.4. The van der Waals surface area contributed by atoms with Gasteiger partial charge in [-0.1, -0.05) is 48.5 Å². The van der Waals surface area contributed by atoms with Gasteiger partial charge in [0.2, 0.25) is 0 Å². The summed E-state index contributed by atoms with van der Waals surface area (Å²) in [6, 6.07) is 13.5. The second kappa shape index (κ2) is 8.67. The molecule has 0 heterocycles. The largest absolute Gasteiger partial charge is 0.548 e. The van der Waals surface area contributed by atoms with E-state index in [4.69, 9.17) is 0 Å². The summed E-state index contributed by atoms with van der Waals surface area (Å²) in [4.78, 5) is 23.0. The lowest BCUT2D eigenvalue weighted by Gasteiger charge is -2.20. The van der Waals surface area contributed by atoms with Crippen LogP contribution in [0.4, 0.5) is 9.18 Å². The Hall–Kier alpha value is -2.89. The van der Waals surface area contributed by atoms with Gasteiger partial charge in [0, 0.05) is 6.54 Å². The first-order valence-electron chi connectivity index (χ1n) is 7.59. The van der Waals surface area contributed by atoms with Crippen LogP contribution in [0.2, 0.25) is 0 Å². The third-order valence-corrected chi connectivity index (χ3v) is 3.51. The van der Waals surface area contributed by atoms with Gasteiger partial charge in [-0.05, 0) is 30.0 Å². The summed E-state index contributed by atoms with van der Waals surface area (Å²) in [6.45, 7) is 0.192. The molecule has 2 amide bonds. The molecule has 0 saturated heterocycles. The maximum Gasteiger partial charge on any atom is 0.315 e. The van der Waals surface area contributed by atoms with Gasteiger partial charge in [0.15, 0.2) is 0 Å². The summed E-state index contributed by atoms with van der Waals surface area (Å²) in [6.07, 6.45) is 0.443. The summed E-state index contributed by atoms with van der Waals surface area (Å²) in [5.41, 5.74) is 1.26. The van der Waals surface area contributed by atoms with Crippen molar-refractivity contribution in [3.05, 3.63) is 71.5 Å². The number of carboxylic acid groups (broad SMARTS) is 1. The molecule has 0 aliphatic rings. The predicted octanol–water partition coefficient (Wildman–Crippen LogP) is 1.03. The van der Waals surface area contributed by atoms with Gasteiger partial charge in [-0.3, -0.25) is 0 Å². The molecule has 6 heteroatoms. The summed E-state index contributed by atoms with van der Waals surface area (Å²) in [5, 5.41) is 16.1. The molecule has 0 fully saturated rings. The van der Waals surface area contributed by atoms with Gasteiger partial charge in [-0.25, -0.2) is 9.18 Å². The lowest BCUT2D eigenvalue weighted by Crippen LogP contribution is -2.52. The zero-order valence-electron chi connectivity index (χ0n) is 13.0. The Labute approximate surface area is 139 Å². The summed E-state index contributed by atoms with van der Waals surface area (Å²) >= 11 is 0. The van der Waals surface area contributed by atoms with E-state index in [9.17, 15) is 19.1 Å². The van der Waals surface area contributed by atoms with E-state index in [0.717, 1.165) is 5.56 Å². The molecule has 2 aromatic rings. The maximum absolute atomic E-state index is 13.5. The van der Waals surface area contributed by atoms with Gasteiger partial charge in [0.05, 0.1) is 12.0 Å². The fourth-order valence-corrected chi connectivity index (χ4v) is 2.26. The highest BCUT2D eigenvalue weighted by Gasteiger charge is 2.14. The van der Waals surface area contributed by atoms with Crippen LogP contribution >= 0.6 is 0 Å². The van der Waals surface area contributed by atoms with E-state index in [0.29, 0.717) is 12.0 Å². The van der Waals surface area contributed by atoms with Gasteiger partial charge < -0.3 is 20.5 Å². The van der Waals surface area contributed by atoms with Crippen LogP contribution < -0.4 is 15.7 Å². The highest BCUT2D eigenvalue weighted by atomic mass is 19.1. The monoisotopic (exact) mass is 329 g/mol. The maximum atomic E-state index is 13.5. The molecule has 1 atom stereocenters. The van der Waals surface area contributed by atoms with Gasteiger partial charge in [0.1, 0.15) is 5.82 Å². The fourth-order valence-electron chi connectivity index (χ4n) is 2.26. The minimum absolute atomic E-state index is 0.129. The average molecular weight is 329 g/mol. The van der Waals surface area contributed by atoms with Crippen LogP contribution in [0, 0.1) is 5.82 Å². The smallest absolute Gasteiger partial charge is 0.315 e. The van der Waals surface area contributed by atoms with E-state index in [1.165, 1.54) is 6.07 Å². The molecule has 2 N–H and O–H groups in total.